The average Bonchev–Trinajstić information content (AvgIpc) is 2.53. The summed E-state index contributed by atoms with van der Waals surface area (Å²) in [6.07, 6.45) is 1.10. The fraction of sp³-hybridized carbons (Fsp3) is 0.571. The zero-order valence-corrected chi connectivity index (χ0v) is 11.2. The Balaban J connectivity index is 2.29. The lowest BCUT2D eigenvalue weighted by Gasteiger charge is -2.27. The highest BCUT2D eigenvalue weighted by Gasteiger charge is 2.19. The maximum Gasteiger partial charge on any atom is 0.130 e. The van der Waals surface area contributed by atoms with Gasteiger partial charge in [-0.15, -0.1) is 0 Å². The molecular formula is C14H22FN3. The summed E-state index contributed by atoms with van der Waals surface area (Å²) < 4.78 is 13.9. The predicted molar refractivity (Wildman–Crippen MR) is 73.3 cm³/mol. The number of hydrogen-bond donors (Lipinski definition) is 1. The van der Waals surface area contributed by atoms with E-state index in [0.29, 0.717) is 5.56 Å². The second-order valence-electron chi connectivity index (χ2n) is 5.11. The number of nitrogens with two attached hydrogens (primary N) is 1. The van der Waals surface area contributed by atoms with Crippen LogP contribution in [-0.2, 0) is 0 Å². The molecule has 0 bridgehead atoms. The Kier molecular flexibility index (Phi) is 4.19. The molecule has 2 rings (SSSR count). The van der Waals surface area contributed by atoms with Gasteiger partial charge in [0.2, 0.25) is 0 Å². The van der Waals surface area contributed by atoms with Crippen LogP contribution in [0.1, 0.15) is 24.9 Å². The molecule has 1 atom stereocenters. The van der Waals surface area contributed by atoms with E-state index in [2.05, 4.69) is 16.8 Å². The minimum Gasteiger partial charge on any atom is -0.370 e. The van der Waals surface area contributed by atoms with Crippen molar-refractivity contribution < 1.29 is 4.39 Å². The molecule has 3 nitrogen and oxygen atoms in total. The zero-order valence-electron chi connectivity index (χ0n) is 11.2. The molecule has 0 spiro atoms. The fourth-order valence-electron chi connectivity index (χ4n) is 2.54. The van der Waals surface area contributed by atoms with Gasteiger partial charge in [0, 0.05) is 36.9 Å². The Morgan fingerprint density at radius 3 is 2.72 bits per heavy atom. The van der Waals surface area contributed by atoms with Crippen LogP contribution in [0.5, 0.6) is 0 Å². The van der Waals surface area contributed by atoms with Gasteiger partial charge in [-0.25, -0.2) is 4.39 Å². The van der Waals surface area contributed by atoms with Gasteiger partial charge in [-0.1, -0.05) is 6.07 Å². The van der Waals surface area contributed by atoms with Gasteiger partial charge < -0.3 is 15.5 Å². The Hall–Kier alpha value is -1.13. The van der Waals surface area contributed by atoms with Crippen LogP contribution in [0.4, 0.5) is 10.1 Å². The molecule has 4 heteroatoms. The van der Waals surface area contributed by atoms with Gasteiger partial charge in [0.1, 0.15) is 5.82 Å². The molecular weight excluding hydrogens is 229 g/mol. The van der Waals surface area contributed by atoms with E-state index in [1.54, 1.807) is 6.07 Å². The maximum absolute atomic E-state index is 13.9. The standard InChI is InChI=1S/C14H22FN3/c1-11(16)14-12(15)5-3-6-13(14)18-8-4-7-17(2)9-10-18/h3,5-6,11H,4,7-10,16H2,1-2H3/t11-/m0/s1. The van der Waals surface area contributed by atoms with E-state index in [1.165, 1.54) is 6.07 Å². The Morgan fingerprint density at radius 2 is 2.00 bits per heavy atom. The van der Waals surface area contributed by atoms with Gasteiger partial charge in [-0.05, 0) is 39.1 Å². The van der Waals surface area contributed by atoms with Crippen molar-refractivity contribution in [1.82, 2.24) is 4.90 Å². The van der Waals surface area contributed by atoms with Crippen molar-refractivity contribution in [3.8, 4) is 0 Å². The minimum atomic E-state index is -0.276. The average molecular weight is 251 g/mol. The van der Waals surface area contributed by atoms with Crippen molar-refractivity contribution in [2.75, 3.05) is 38.1 Å². The maximum atomic E-state index is 13.9. The molecule has 1 aliphatic rings. The molecule has 1 aromatic rings. The summed E-state index contributed by atoms with van der Waals surface area (Å²) in [7, 11) is 2.13. The van der Waals surface area contributed by atoms with Crippen LogP contribution in [-0.4, -0.2) is 38.1 Å². The van der Waals surface area contributed by atoms with Crippen molar-refractivity contribution >= 4 is 5.69 Å². The molecule has 0 aliphatic carbocycles. The lowest BCUT2D eigenvalue weighted by atomic mass is 10.0. The predicted octanol–water partition coefficient (Wildman–Crippen LogP) is 1.99. The number of hydrogen-bond acceptors (Lipinski definition) is 3. The van der Waals surface area contributed by atoms with E-state index in [1.807, 2.05) is 13.0 Å². The summed E-state index contributed by atoms with van der Waals surface area (Å²) in [5.74, 6) is -0.194. The highest BCUT2D eigenvalue weighted by atomic mass is 19.1. The van der Waals surface area contributed by atoms with Crippen LogP contribution in [0, 0.1) is 5.82 Å². The fourth-order valence-corrected chi connectivity index (χ4v) is 2.54. The number of nitrogens with zero attached hydrogens (tertiary/aromatic N) is 2. The Morgan fingerprint density at radius 1 is 1.22 bits per heavy atom. The first-order valence-corrected chi connectivity index (χ1v) is 6.57. The van der Waals surface area contributed by atoms with E-state index < -0.39 is 0 Å². The van der Waals surface area contributed by atoms with Crippen LogP contribution in [0.25, 0.3) is 0 Å². The van der Waals surface area contributed by atoms with Gasteiger partial charge in [-0.2, -0.15) is 0 Å². The van der Waals surface area contributed by atoms with Crippen molar-refractivity contribution in [3.63, 3.8) is 0 Å². The first kappa shape index (κ1) is 13.3. The van der Waals surface area contributed by atoms with E-state index in [0.717, 1.165) is 38.3 Å². The molecule has 100 valence electrons. The van der Waals surface area contributed by atoms with Gasteiger partial charge in [0.15, 0.2) is 0 Å². The molecule has 1 saturated heterocycles. The number of likely N-dealkylation sites (N-methyl/N-ethyl adjacent to an activating group) is 1. The van der Waals surface area contributed by atoms with Crippen molar-refractivity contribution in [2.24, 2.45) is 5.73 Å². The van der Waals surface area contributed by atoms with Gasteiger partial charge in [-0.3, -0.25) is 0 Å². The Bertz CT molecular complexity index is 406. The SMILES string of the molecule is C[C@H](N)c1c(F)cccc1N1CCCN(C)CC1. The molecule has 2 N–H and O–H groups in total. The van der Waals surface area contributed by atoms with E-state index >= 15 is 0 Å². The highest BCUT2D eigenvalue weighted by Crippen LogP contribution is 2.28. The quantitative estimate of drug-likeness (QED) is 0.872. The highest BCUT2D eigenvalue weighted by molar-refractivity contribution is 5.55. The van der Waals surface area contributed by atoms with Crippen LogP contribution < -0.4 is 10.6 Å². The molecule has 0 radical (unpaired) electrons. The molecule has 0 saturated carbocycles. The van der Waals surface area contributed by atoms with Gasteiger partial charge in [0.25, 0.3) is 0 Å². The topological polar surface area (TPSA) is 32.5 Å². The van der Waals surface area contributed by atoms with Crippen molar-refractivity contribution in [2.45, 2.75) is 19.4 Å². The van der Waals surface area contributed by atoms with Gasteiger partial charge >= 0.3 is 0 Å². The lowest BCUT2D eigenvalue weighted by molar-refractivity contribution is 0.360. The second-order valence-corrected chi connectivity index (χ2v) is 5.11. The summed E-state index contributed by atoms with van der Waals surface area (Å²) in [5, 5.41) is 0. The van der Waals surface area contributed by atoms with Crippen LogP contribution in [0.3, 0.4) is 0 Å². The normalized spacial score (nSPS) is 19.7. The third-order valence-corrected chi connectivity index (χ3v) is 3.55. The van der Waals surface area contributed by atoms with E-state index in [4.69, 9.17) is 5.73 Å². The number of halogens is 1. The second kappa shape index (κ2) is 5.67. The number of anilines is 1. The molecule has 0 aromatic heterocycles. The lowest BCUT2D eigenvalue weighted by Crippen LogP contribution is -2.30. The minimum absolute atomic E-state index is 0.194. The Labute approximate surface area is 108 Å². The number of rotatable bonds is 2. The molecule has 0 amide bonds. The molecule has 18 heavy (non-hydrogen) atoms. The van der Waals surface area contributed by atoms with Crippen molar-refractivity contribution in [3.05, 3.63) is 29.6 Å². The largest absolute Gasteiger partial charge is 0.370 e. The monoisotopic (exact) mass is 251 g/mol. The van der Waals surface area contributed by atoms with Crippen LogP contribution in [0.2, 0.25) is 0 Å². The third kappa shape index (κ3) is 2.82. The van der Waals surface area contributed by atoms with Crippen molar-refractivity contribution in [1.29, 1.82) is 0 Å². The van der Waals surface area contributed by atoms with E-state index in [-0.39, 0.29) is 11.9 Å². The van der Waals surface area contributed by atoms with Gasteiger partial charge in [0.05, 0.1) is 0 Å². The first-order valence-electron chi connectivity index (χ1n) is 6.57. The summed E-state index contributed by atoms with van der Waals surface area (Å²) in [5.41, 5.74) is 7.51. The molecule has 1 heterocycles. The van der Waals surface area contributed by atoms with Crippen LogP contribution in [0.15, 0.2) is 18.2 Å². The number of benzene rings is 1. The molecule has 1 fully saturated rings. The summed E-state index contributed by atoms with van der Waals surface area (Å²) >= 11 is 0. The van der Waals surface area contributed by atoms with E-state index in [9.17, 15) is 4.39 Å². The molecule has 1 aromatic carbocycles. The molecule has 0 unspecified atom stereocenters. The molecule has 1 aliphatic heterocycles. The smallest absolute Gasteiger partial charge is 0.130 e. The van der Waals surface area contributed by atoms with Crippen LogP contribution >= 0.6 is 0 Å². The first-order chi connectivity index (χ1) is 8.59. The summed E-state index contributed by atoms with van der Waals surface area (Å²) in [6, 6.07) is 4.96. The summed E-state index contributed by atoms with van der Waals surface area (Å²) in [6.45, 7) is 5.84. The third-order valence-electron chi connectivity index (χ3n) is 3.55. The zero-order chi connectivity index (χ0) is 13.1. The summed E-state index contributed by atoms with van der Waals surface area (Å²) in [4.78, 5) is 4.57.